The van der Waals surface area contributed by atoms with Crippen LogP contribution in [0.25, 0.3) is 11.2 Å². The number of amides is 2. The smallest absolute Gasteiger partial charge is 0.328 e. The molecule has 6 aromatic rings. The van der Waals surface area contributed by atoms with E-state index in [0.717, 1.165) is 21.9 Å². The maximum absolute atomic E-state index is 13.0. The lowest BCUT2D eigenvalue weighted by Gasteiger charge is -2.22. The van der Waals surface area contributed by atoms with Crippen molar-refractivity contribution in [2.75, 3.05) is 35.2 Å². The van der Waals surface area contributed by atoms with Gasteiger partial charge in [-0.05, 0) is 72.5 Å². The summed E-state index contributed by atoms with van der Waals surface area (Å²) >= 11 is 0. The average Bonchev–Trinajstić information content (AvgIpc) is 3.99. The minimum Gasteiger partial charge on any atom is -0.508 e. The van der Waals surface area contributed by atoms with Crippen LogP contribution < -0.4 is 31.7 Å². The van der Waals surface area contributed by atoms with Gasteiger partial charge in [-0.25, -0.2) is 28.1 Å². The van der Waals surface area contributed by atoms with Crippen LogP contribution in [-0.2, 0) is 10.0 Å². The van der Waals surface area contributed by atoms with Gasteiger partial charge in [0.15, 0.2) is 17.0 Å². The zero-order valence-electron chi connectivity index (χ0n) is 31.1. The number of aromatic nitrogens is 6. The van der Waals surface area contributed by atoms with Crippen molar-refractivity contribution in [3.8, 4) is 17.4 Å². The molecule has 5 atom stereocenters. The molecule has 1 aliphatic carbocycles. The standard InChI is InChI=1S/C38H41N11O9S/c39-59(57,58)26-11-5-22(6-12-26)43-37(55)44-23-13-14-47(18-23)36-45-34(40-16-27(20-1-7-24(50)8-2-20)21-3-9-25(51)10-4-21)31-35(46-36)48(19-42-31)28-15-29(33(54)32(28)53)49-30(52)17-41-38(49)56/h1-12,17,19,23,27-29,32-33,50-54H,13-16,18H2,(H,41,56)(H2,39,57,58)(H,40,45,46)(H2,43,44,55)/t23-,28-,29+,32+,33-/m1/s1. The Morgan fingerprint density at radius 1 is 0.915 bits per heavy atom. The number of nitrogens with two attached hydrogens (primary N) is 1. The van der Waals surface area contributed by atoms with Crippen LogP contribution in [0.5, 0.6) is 17.4 Å². The summed E-state index contributed by atoms with van der Waals surface area (Å²) in [5.41, 5.74) is 2.09. The molecule has 2 amide bonds. The molecule has 4 heterocycles. The monoisotopic (exact) mass is 827 g/mol. The number of primary sulfonamides is 1. The Morgan fingerprint density at radius 3 is 2.17 bits per heavy atom. The molecule has 3 aromatic carbocycles. The van der Waals surface area contributed by atoms with E-state index in [2.05, 4.69) is 25.9 Å². The predicted molar refractivity (Wildman–Crippen MR) is 214 cm³/mol. The van der Waals surface area contributed by atoms with Crippen LogP contribution in [0.4, 0.5) is 22.2 Å². The van der Waals surface area contributed by atoms with Crippen molar-refractivity contribution in [2.24, 2.45) is 5.14 Å². The molecule has 0 unspecified atom stereocenters. The summed E-state index contributed by atoms with van der Waals surface area (Å²) in [6.45, 7) is 1.03. The number of imidazole rings is 2. The van der Waals surface area contributed by atoms with E-state index in [4.69, 9.17) is 15.1 Å². The first-order valence-corrected chi connectivity index (χ1v) is 20.1. The molecule has 21 heteroatoms. The van der Waals surface area contributed by atoms with Crippen LogP contribution in [0.2, 0.25) is 0 Å². The maximum Gasteiger partial charge on any atom is 0.328 e. The highest BCUT2D eigenvalue weighted by atomic mass is 32.2. The Bertz CT molecular complexity index is 2610. The number of nitrogens with one attached hydrogen (secondary N) is 4. The van der Waals surface area contributed by atoms with Gasteiger partial charge in [-0.1, -0.05) is 24.3 Å². The lowest BCUT2D eigenvalue weighted by molar-refractivity contribution is 0.00763. The number of aliphatic hydroxyl groups is 2. The third-order valence-electron chi connectivity index (χ3n) is 10.8. The molecule has 0 bridgehead atoms. The third kappa shape index (κ3) is 7.95. The summed E-state index contributed by atoms with van der Waals surface area (Å²) in [7, 11) is -3.90. The van der Waals surface area contributed by atoms with Gasteiger partial charge in [0.25, 0.3) is 0 Å². The summed E-state index contributed by atoms with van der Waals surface area (Å²) in [5, 5.41) is 67.1. The normalized spacial score (nSPS) is 20.7. The number of aromatic hydroxyl groups is 3. The van der Waals surface area contributed by atoms with E-state index in [1.54, 1.807) is 53.1 Å². The molecule has 0 radical (unpaired) electrons. The fourth-order valence-electron chi connectivity index (χ4n) is 7.80. The fraction of sp³-hybridized carbons (Fsp3) is 0.289. The van der Waals surface area contributed by atoms with Gasteiger partial charge in [0.05, 0.1) is 29.5 Å². The number of aromatic amines is 1. The zero-order chi connectivity index (χ0) is 41.6. The number of fused-ring (bicyclic) bond motifs is 1. The number of carbonyl (C=O) groups excluding carboxylic acids is 1. The lowest BCUT2D eigenvalue weighted by Crippen LogP contribution is -2.40. The highest BCUT2D eigenvalue weighted by Gasteiger charge is 2.45. The second-order valence-electron chi connectivity index (χ2n) is 14.6. The minimum atomic E-state index is -3.90. The Labute approximate surface area is 335 Å². The largest absolute Gasteiger partial charge is 0.508 e. The first-order chi connectivity index (χ1) is 28.2. The number of hydrogen-bond acceptors (Lipinski definition) is 14. The minimum absolute atomic E-state index is 0.0422. The SMILES string of the molecule is NS(=O)(=O)c1ccc(NC(=O)N[C@@H]2CCN(c3nc(NCC(c4ccc(O)cc4)c4ccc(O)cc4)c4ncn([C@@H]5C[C@H](n6c(O)c[nH]c6=O)[C@@H](O)[C@H]5O)c4n3)C2)cc1. The first kappa shape index (κ1) is 39.2. The molecule has 1 saturated heterocycles. The molecule has 1 saturated carbocycles. The van der Waals surface area contributed by atoms with Crippen LogP contribution >= 0.6 is 0 Å². The summed E-state index contributed by atoms with van der Waals surface area (Å²) in [4.78, 5) is 44.1. The second-order valence-corrected chi connectivity index (χ2v) is 16.1. The van der Waals surface area contributed by atoms with E-state index in [1.807, 2.05) is 4.90 Å². The number of benzene rings is 3. The van der Waals surface area contributed by atoms with Crippen molar-refractivity contribution in [2.45, 2.75) is 54.0 Å². The number of rotatable bonds is 11. The maximum atomic E-state index is 13.0. The fourth-order valence-corrected chi connectivity index (χ4v) is 8.32. The molecule has 59 heavy (non-hydrogen) atoms. The van der Waals surface area contributed by atoms with Crippen LogP contribution in [0.15, 0.2) is 95.0 Å². The van der Waals surface area contributed by atoms with Gasteiger partial charge >= 0.3 is 11.7 Å². The van der Waals surface area contributed by atoms with E-state index in [-0.39, 0.29) is 53.1 Å². The molecular formula is C38H41N11O9S. The van der Waals surface area contributed by atoms with Gasteiger partial charge in [-0.15, -0.1) is 0 Å². The molecule has 0 spiro atoms. The van der Waals surface area contributed by atoms with Gasteiger partial charge in [0, 0.05) is 37.3 Å². The van der Waals surface area contributed by atoms with Gasteiger partial charge < -0.3 is 55.9 Å². The Balaban J connectivity index is 1.09. The van der Waals surface area contributed by atoms with Crippen molar-refractivity contribution >= 4 is 44.7 Å². The highest BCUT2D eigenvalue weighted by molar-refractivity contribution is 7.89. The third-order valence-corrected chi connectivity index (χ3v) is 11.8. The number of sulfonamides is 1. The molecule has 8 rings (SSSR count). The van der Waals surface area contributed by atoms with E-state index in [0.29, 0.717) is 42.2 Å². The molecule has 1 aliphatic heterocycles. The number of aliphatic hydroxyl groups excluding tert-OH is 2. The van der Waals surface area contributed by atoms with Gasteiger partial charge in [0.2, 0.25) is 21.9 Å². The molecule has 2 fully saturated rings. The number of H-pyrrole nitrogens is 1. The Morgan fingerprint density at radius 2 is 1.56 bits per heavy atom. The van der Waals surface area contributed by atoms with E-state index in [1.165, 1.54) is 30.6 Å². The summed E-state index contributed by atoms with van der Waals surface area (Å²) in [6.07, 6.45) is 0.350. The number of carbonyl (C=O) groups is 1. The molecule has 3 aromatic heterocycles. The molecule has 20 nitrogen and oxygen atoms in total. The first-order valence-electron chi connectivity index (χ1n) is 18.6. The van der Waals surface area contributed by atoms with Crippen molar-refractivity contribution in [3.05, 3.63) is 107 Å². The summed E-state index contributed by atoms with van der Waals surface area (Å²) in [5.74, 6) is 0.146. The van der Waals surface area contributed by atoms with Crippen LogP contribution in [0, 0.1) is 0 Å². The van der Waals surface area contributed by atoms with Crippen molar-refractivity contribution < 1.29 is 38.7 Å². The summed E-state index contributed by atoms with van der Waals surface area (Å²) in [6, 6.07) is 16.3. The van der Waals surface area contributed by atoms with E-state index < -0.39 is 46.0 Å². The number of urea groups is 1. The average molecular weight is 828 g/mol. The quantitative estimate of drug-likeness (QED) is 0.0889. The van der Waals surface area contributed by atoms with Crippen LogP contribution in [-0.4, -0.2) is 107 Å². The van der Waals surface area contributed by atoms with E-state index in [9.17, 15) is 43.5 Å². The zero-order valence-corrected chi connectivity index (χ0v) is 31.9. The lowest BCUT2D eigenvalue weighted by atomic mass is 9.91. The number of phenolic OH excluding ortho intramolecular Hbond substituents is 2. The number of phenols is 2. The van der Waals surface area contributed by atoms with Gasteiger partial charge in [-0.2, -0.15) is 9.97 Å². The Kier molecular flexibility index (Phi) is 10.3. The molecular weight excluding hydrogens is 787 g/mol. The number of anilines is 3. The van der Waals surface area contributed by atoms with Crippen molar-refractivity contribution in [1.82, 2.24) is 34.4 Å². The molecule has 2 aliphatic rings. The van der Waals surface area contributed by atoms with Gasteiger partial charge in [0.1, 0.15) is 23.7 Å². The molecule has 11 N–H and O–H groups in total. The van der Waals surface area contributed by atoms with Crippen molar-refractivity contribution in [1.29, 1.82) is 0 Å². The van der Waals surface area contributed by atoms with Crippen LogP contribution in [0.1, 0.15) is 42.0 Å². The van der Waals surface area contributed by atoms with Crippen LogP contribution in [0.3, 0.4) is 0 Å². The topological polar surface area (TPSA) is 299 Å². The van der Waals surface area contributed by atoms with E-state index >= 15 is 0 Å². The second kappa shape index (κ2) is 15.6. The van der Waals surface area contributed by atoms with Crippen molar-refractivity contribution in [3.63, 3.8) is 0 Å². The summed E-state index contributed by atoms with van der Waals surface area (Å²) < 4.78 is 25.9. The predicted octanol–water partition coefficient (Wildman–Crippen LogP) is 1.63. The van der Waals surface area contributed by atoms with Gasteiger partial charge in [-0.3, -0.25) is 4.57 Å². The highest BCUT2D eigenvalue weighted by Crippen LogP contribution is 2.41. The molecule has 308 valence electrons. The number of hydrogen-bond donors (Lipinski definition) is 10. The Hall–Kier alpha value is -6.68. The number of nitrogens with zero attached hydrogens (tertiary/aromatic N) is 6.